The third kappa shape index (κ3) is 2.55. The van der Waals surface area contributed by atoms with Crippen LogP contribution in [0.15, 0.2) is 35.5 Å². The molecule has 0 saturated carbocycles. The van der Waals surface area contributed by atoms with Crippen molar-refractivity contribution >= 4 is 6.21 Å². The number of hydrogen-bond acceptors (Lipinski definition) is 1. The molecule has 0 atom stereocenters. The molecule has 1 aromatic carbocycles. The standard InChI is InChI=1S/C12H15N/c1-4-8-13-9-12-7-5-6-10(2)11(12)3/h4-9H,1-3H3/b8-4-,13-9?. The normalized spacial score (nSPS) is 11.6. The largest absolute Gasteiger partial charge is 0.264 e. The van der Waals surface area contributed by atoms with Crippen molar-refractivity contribution in [2.24, 2.45) is 4.99 Å². The first kappa shape index (κ1) is 9.72. The third-order valence-corrected chi connectivity index (χ3v) is 2.10. The van der Waals surface area contributed by atoms with E-state index in [0.717, 1.165) is 0 Å². The van der Waals surface area contributed by atoms with Gasteiger partial charge in [0.15, 0.2) is 0 Å². The second-order valence-electron chi connectivity index (χ2n) is 3.05. The van der Waals surface area contributed by atoms with Crippen LogP contribution in [0, 0.1) is 13.8 Å². The van der Waals surface area contributed by atoms with Gasteiger partial charge in [0.1, 0.15) is 0 Å². The summed E-state index contributed by atoms with van der Waals surface area (Å²) < 4.78 is 0. The van der Waals surface area contributed by atoms with Gasteiger partial charge in [-0.25, -0.2) is 0 Å². The molecule has 0 saturated heterocycles. The van der Waals surface area contributed by atoms with E-state index in [2.05, 4.69) is 37.0 Å². The van der Waals surface area contributed by atoms with E-state index in [1.165, 1.54) is 16.7 Å². The third-order valence-electron chi connectivity index (χ3n) is 2.10. The topological polar surface area (TPSA) is 12.4 Å². The highest BCUT2D eigenvalue weighted by Gasteiger charge is 1.95. The van der Waals surface area contributed by atoms with Crippen LogP contribution in [0.1, 0.15) is 23.6 Å². The molecule has 0 N–H and O–H groups in total. The van der Waals surface area contributed by atoms with Crippen LogP contribution in [0.5, 0.6) is 0 Å². The Morgan fingerprint density at radius 3 is 2.69 bits per heavy atom. The van der Waals surface area contributed by atoms with E-state index in [-0.39, 0.29) is 0 Å². The minimum Gasteiger partial charge on any atom is -0.264 e. The van der Waals surface area contributed by atoms with E-state index in [4.69, 9.17) is 0 Å². The van der Waals surface area contributed by atoms with Crippen molar-refractivity contribution in [2.45, 2.75) is 20.8 Å². The van der Waals surface area contributed by atoms with Gasteiger partial charge in [0.05, 0.1) is 0 Å². The highest BCUT2D eigenvalue weighted by Crippen LogP contribution is 2.10. The Balaban J connectivity index is 2.95. The highest BCUT2D eigenvalue weighted by atomic mass is 14.7. The van der Waals surface area contributed by atoms with Crippen molar-refractivity contribution in [2.75, 3.05) is 0 Å². The van der Waals surface area contributed by atoms with Gasteiger partial charge >= 0.3 is 0 Å². The molecule has 0 bridgehead atoms. The van der Waals surface area contributed by atoms with E-state index in [1.807, 2.05) is 19.2 Å². The fraction of sp³-hybridized carbons (Fsp3) is 0.250. The van der Waals surface area contributed by atoms with Gasteiger partial charge in [0.2, 0.25) is 0 Å². The zero-order chi connectivity index (χ0) is 9.68. The minimum absolute atomic E-state index is 1.19. The second kappa shape index (κ2) is 4.61. The number of aliphatic imine (C=N–C) groups is 1. The summed E-state index contributed by atoms with van der Waals surface area (Å²) in [6.45, 7) is 6.19. The van der Waals surface area contributed by atoms with Gasteiger partial charge in [0, 0.05) is 12.4 Å². The summed E-state index contributed by atoms with van der Waals surface area (Å²) in [5.74, 6) is 0. The van der Waals surface area contributed by atoms with Crippen LogP contribution < -0.4 is 0 Å². The molecule has 0 unspecified atom stereocenters. The fourth-order valence-corrected chi connectivity index (χ4v) is 1.12. The van der Waals surface area contributed by atoms with Crippen molar-refractivity contribution in [3.63, 3.8) is 0 Å². The van der Waals surface area contributed by atoms with Crippen LogP contribution in [0.25, 0.3) is 0 Å². The van der Waals surface area contributed by atoms with Gasteiger partial charge in [-0.15, -0.1) is 0 Å². The zero-order valence-electron chi connectivity index (χ0n) is 8.41. The van der Waals surface area contributed by atoms with Gasteiger partial charge in [-0.2, -0.15) is 0 Å². The molecular weight excluding hydrogens is 158 g/mol. The van der Waals surface area contributed by atoms with Crippen LogP contribution in [-0.4, -0.2) is 6.21 Å². The Kier molecular flexibility index (Phi) is 3.44. The first-order valence-corrected chi connectivity index (χ1v) is 4.46. The summed E-state index contributed by atoms with van der Waals surface area (Å²) in [5, 5.41) is 0. The molecule has 1 aromatic rings. The van der Waals surface area contributed by atoms with Crippen molar-refractivity contribution in [1.82, 2.24) is 0 Å². The Hall–Kier alpha value is -1.37. The molecule has 0 fully saturated rings. The number of allylic oxidation sites excluding steroid dienone is 1. The van der Waals surface area contributed by atoms with Gasteiger partial charge in [-0.3, -0.25) is 4.99 Å². The molecule has 1 heteroatoms. The Morgan fingerprint density at radius 2 is 2.00 bits per heavy atom. The molecule has 68 valence electrons. The molecule has 0 amide bonds. The molecule has 0 radical (unpaired) electrons. The summed E-state index contributed by atoms with van der Waals surface area (Å²) in [7, 11) is 0. The van der Waals surface area contributed by atoms with Crippen LogP contribution in [0.3, 0.4) is 0 Å². The number of benzene rings is 1. The average Bonchev–Trinajstić information content (AvgIpc) is 2.13. The van der Waals surface area contributed by atoms with Crippen molar-refractivity contribution in [3.8, 4) is 0 Å². The van der Waals surface area contributed by atoms with Crippen molar-refractivity contribution < 1.29 is 0 Å². The van der Waals surface area contributed by atoms with E-state index >= 15 is 0 Å². The average molecular weight is 173 g/mol. The first-order valence-electron chi connectivity index (χ1n) is 4.46. The van der Waals surface area contributed by atoms with Crippen LogP contribution in [0.4, 0.5) is 0 Å². The summed E-state index contributed by atoms with van der Waals surface area (Å²) >= 11 is 0. The maximum atomic E-state index is 4.16. The fourth-order valence-electron chi connectivity index (χ4n) is 1.12. The predicted molar refractivity (Wildman–Crippen MR) is 58.3 cm³/mol. The monoisotopic (exact) mass is 173 g/mol. The smallest absolute Gasteiger partial charge is 0.0342 e. The lowest BCUT2D eigenvalue weighted by molar-refractivity contribution is 1.33. The highest BCUT2D eigenvalue weighted by molar-refractivity contribution is 5.82. The summed E-state index contributed by atoms with van der Waals surface area (Å²) in [6.07, 6.45) is 5.60. The van der Waals surface area contributed by atoms with Gasteiger partial charge < -0.3 is 0 Å². The Morgan fingerprint density at radius 1 is 1.23 bits per heavy atom. The molecule has 1 rings (SSSR count). The summed E-state index contributed by atoms with van der Waals surface area (Å²) in [6, 6.07) is 6.25. The lowest BCUT2D eigenvalue weighted by Gasteiger charge is -2.02. The molecule has 0 aromatic heterocycles. The molecule has 0 heterocycles. The number of rotatable bonds is 2. The molecule has 1 nitrogen and oxygen atoms in total. The van der Waals surface area contributed by atoms with E-state index in [0.29, 0.717) is 0 Å². The van der Waals surface area contributed by atoms with Gasteiger partial charge in [-0.05, 0) is 37.5 Å². The van der Waals surface area contributed by atoms with Crippen molar-refractivity contribution in [1.29, 1.82) is 0 Å². The summed E-state index contributed by atoms with van der Waals surface area (Å²) in [5.41, 5.74) is 3.80. The maximum Gasteiger partial charge on any atom is 0.0342 e. The second-order valence-corrected chi connectivity index (χ2v) is 3.05. The molecule has 0 aliphatic heterocycles. The maximum absolute atomic E-state index is 4.16. The van der Waals surface area contributed by atoms with Crippen LogP contribution >= 0.6 is 0 Å². The van der Waals surface area contributed by atoms with Gasteiger partial charge in [0.25, 0.3) is 0 Å². The minimum atomic E-state index is 1.19. The molecular formula is C12H15N. The predicted octanol–water partition coefficient (Wildman–Crippen LogP) is 3.26. The van der Waals surface area contributed by atoms with E-state index in [1.54, 1.807) is 6.20 Å². The van der Waals surface area contributed by atoms with Crippen LogP contribution in [-0.2, 0) is 0 Å². The zero-order valence-corrected chi connectivity index (χ0v) is 8.41. The Bertz CT molecular complexity index is 335. The first-order chi connectivity index (χ1) is 6.25. The van der Waals surface area contributed by atoms with Crippen molar-refractivity contribution in [3.05, 3.63) is 47.2 Å². The van der Waals surface area contributed by atoms with E-state index < -0.39 is 0 Å². The molecule has 0 aliphatic carbocycles. The summed E-state index contributed by atoms with van der Waals surface area (Å²) in [4.78, 5) is 4.16. The molecule has 0 aliphatic rings. The quantitative estimate of drug-likeness (QED) is 0.609. The number of hydrogen-bond donors (Lipinski definition) is 0. The molecule has 0 spiro atoms. The van der Waals surface area contributed by atoms with Crippen LogP contribution in [0.2, 0.25) is 0 Å². The Labute approximate surface area is 79.8 Å². The molecule has 13 heavy (non-hydrogen) atoms. The SMILES string of the molecule is C/C=C\N=Cc1cccc(C)c1C. The lowest BCUT2D eigenvalue weighted by atomic mass is 10.0. The van der Waals surface area contributed by atoms with E-state index in [9.17, 15) is 0 Å². The number of aryl methyl sites for hydroxylation is 1. The van der Waals surface area contributed by atoms with Gasteiger partial charge in [-0.1, -0.05) is 24.3 Å². The number of nitrogens with zero attached hydrogens (tertiary/aromatic N) is 1. The lowest BCUT2D eigenvalue weighted by Crippen LogP contribution is -1.89.